The van der Waals surface area contributed by atoms with Gasteiger partial charge in [-0.1, -0.05) is 40.9 Å². The molecule has 0 aliphatic heterocycles. The van der Waals surface area contributed by atoms with Gasteiger partial charge in [-0.15, -0.1) is 0 Å². The maximum absolute atomic E-state index is 12.9. The van der Waals surface area contributed by atoms with Gasteiger partial charge in [-0.25, -0.2) is 4.68 Å². The maximum atomic E-state index is 12.9. The lowest BCUT2D eigenvalue weighted by Crippen LogP contribution is -2.40. The Balaban J connectivity index is 1.89. The van der Waals surface area contributed by atoms with E-state index in [4.69, 9.17) is 11.6 Å². The van der Waals surface area contributed by atoms with Crippen molar-refractivity contribution in [3.63, 3.8) is 0 Å². The summed E-state index contributed by atoms with van der Waals surface area (Å²) in [6.45, 7) is 2.39. The first-order valence-corrected chi connectivity index (χ1v) is 10.5. The van der Waals surface area contributed by atoms with Crippen molar-refractivity contribution in [3.8, 4) is 0 Å². The van der Waals surface area contributed by atoms with Crippen molar-refractivity contribution >= 4 is 61.8 Å². The Hall–Kier alpha value is -2.84. The van der Waals surface area contributed by atoms with E-state index in [1.807, 2.05) is 6.92 Å². The van der Waals surface area contributed by atoms with Crippen LogP contribution in [0.1, 0.15) is 30.3 Å². The number of halogens is 2. The monoisotopic (exact) mass is 490 g/mol. The molecule has 1 heterocycles. The number of carbonyl (C=O) groups is 3. The van der Waals surface area contributed by atoms with E-state index < -0.39 is 17.7 Å². The number of nitrogens with one attached hydrogen (secondary N) is 3. The number of hydrogen-bond acceptors (Lipinski definition) is 3. The van der Waals surface area contributed by atoms with Crippen LogP contribution in [0.25, 0.3) is 10.9 Å². The summed E-state index contributed by atoms with van der Waals surface area (Å²) in [6, 6.07) is 13.7. The molecule has 0 spiro atoms. The molecule has 3 rings (SSSR count). The van der Waals surface area contributed by atoms with Gasteiger partial charge in [0.1, 0.15) is 5.69 Å². The van der Waals surface area contributed by atoms with Crippen molar-refractivity contribution in [2.75, 3.05) is 17.3 Å². The lowest BCUT2D eigenvalue weighted by molar-refractivity contribution is -0.136. The number of nitrogens with zero attached hydrogens (tertiary/aromatic N) is 1. The molecule has 0 aliphatic carbocycles. The Morgan fingerprint density at radius 3 is 2.47 bits per heavy atom. The van der Waals surface area contributed by atoms with Gasteiger partial charge in [0.2, 0.25) is 0 Å². The summed E-state index contributed by atoms with van der Waals surface area (Å²) in [4.78, 5) is 37.4. The van der Waals surface area contributed by atoms with Crippen molar-refractivity contribution in [1.29, 1.82) is 0 Å². The summed E-state index contributed by atoms with van der Waals surface area (Å²) in [7, 11) is 0. The number of fused-ring (bicyclic) bond motifs is 1. The Bertz CT molecular complexity index is 1100. The second-order valence-corrected chi connectivity index (χ2v) is 7.93. The second-order valence-electron chi connectivity index (χ2n) is 6.58. The summed E-state index contributed by atoms with van der Waals surface area (Å²) in [5.74, 6) is -2.08. The molecule has 0 fully saturated rings. The highest BCUT2D eigenvalue weighted by Gasteiger charge is 2.21. The fourth-order valence-electron chi connectivity index (χ4n) is 2.81. The topological polar surface area (TPSA) is 92.2 Å². The van der Waals surface area contributed by atoms with Gasteiger partial charge in [0.05, 0.1) is 5.52 Å². The molecule has 30 heavy (non-hydrogen) atoms. The number of carbonyl (C=O) groups excluding carboxylic acids is 3. The highest BCUT2D eigenvalue weighted by atomic mass is 79.9. The molecule has 3 amide bonds. The molecule has 0 unspecified atom stereocenters. The summed E-state index contributed by atoms with van der Waals surface area (Å²) in [6.07, 6.45) is 1.66. The molecule has 1 aromatic heterocycles. The Labute approximate surface area is 186 Å². The molecule has 7 nitrogen and oxygen atoms in total. The first-order valence-electron chi connectivity index (χ1n) is 9.36. The van der Waals surface area contributed by atoms with E-state index in [-0.39, 0.29) is 5.69 Å². The molecule has 2 aromatic carbocycles. The van der Waals surface area contributed by atoms with Crippen LogP contribution in [0.2, 0.25) is 5.02 Å². The number of anilines is 1. The van der Waals surface area contributed by atoms with Gasteiger partial charge in [0.25, 0.3) is 5.91 Å². The van der Waals surface area contributed by atoms with E-state index >= 15 is 0 Å². The Morgan fingerprint density at radius 1 is 1.03 bits per heavy atom. The lowest BCUT2D eigenvalue weighted by atomic mass is 10.2. The summed E-state index contributed by atoms with van der Waals surface area (Å²) >= 11 is 9.41. The molecule has 0 saturated heterocycles. The third kappa shape index (κ3) is 5.20. The minimum absolute atomic E-state index is 0.157. The predicted molar refractivity (Wildman–Crippen MR) is 121 cm³/mol. The van der Waals surface area contributed by atoms with E-state index in [0.717, 1.165) is 17.3 Å². The third-order valence-corrected chi connectivity index (χ3v) is 5.10. The number of aromatic nitrogens is 1. The van der Waals surface area contributed by atoms with Crippen LogP contribution < -0.4 is 16.1 Å². The zero-order valence-electron chi connectivity index (χ0n) is 16.2. The number of amides is 3. The quantitative estimate of drug-likeness (QED) is 0.355. The highest BCUT2D eigenvalue weighted by Crippen LogP contribution is 2.24. The number of benzene rings is 2. The van der Waals surface area contributed by atoms with Crippen LogP contribution in [0, 0.1) is 0 Å². The van der Waals surface area contributed by atoms with Crippen LogP contribution in [-0.4, -0.2) is 28.9 Å². The van der Waals surface area contributed by atoms with Gasteiger partial charge in [0, 0.05) is 27.1 Å². The van der Waals surface area contributed by atoms with E-state index in [1.165, 1.54) is 4.68 Å². The van der Waals surface area contributed by atoms with Crippen molar-refractivity contribution in [2.45, 2.75) is 19.8 Å². The Kier molecular flexibility index (Phi) is 7.12. The van der Waals surface area contributed by atoms with Gasteiger partial charge in [-0.3, -0.25) is 19.8 Å². The fourth-order valence-corrected chi connectivity index (χ4v) is 3.26. The predicted octanol–water partition coefficient (Wildman–Crippen LogP) is 4.30. The van der Waals surface area contributed by atoms with Crippen LogP contribution in [0.15, 0.2) is 53.0 Å². The minimum atomic E-state index is -0.865. The lowest BCUT2D eigenvalue weighted by Gasteiger charge is -2.12. The minimum Gasteiger partial charge on any atom is -0.348 e. The number of rotatable bonds is 6. The van der Waals surface area contributed by atoms with E-state index in [9.17, 15) is 14.4 Å². The van der Waals surface area contributed by atoms with E-state index in [0.29, 0.717) is 28.2 Å². The van der Waals surface area contributed by atoms with Gasteiger partial charge in [-0.2, -0.15) is 0 Å². The first-order chi connectivity index (χ1) is 14.4. The third-order valence-electron chi connectivity index (χ3n) is 4.33. The number of hydrogen-bond donors (Lipinski definition) is 3. The van der Waals surface area contributed by atoms with Crippen LogP contribution in [0.5, 0.6) is 0 Å². The van der Waals surface area contributed by atoms with Crippen LogP contribution in [0.3, 0.4) is 0 Å². The largest absolute Gasteiger partial charge is 0.348 e. The SMILES string of the molecule is CCCCNC(=O)C(=O)Nn1c(C(=O)Nc2ccc(Br)cc2)cc2cc(Cl)ccc21. The standard InChI is InChI=1S/C21H20BrClN4O3/c1-2-3-10-24-20(29)21(30)26-27-17-9-6-15(23)11-13(17)12-18(27)19(28)25-16-7-4-14(22)5-8-16/h4-9,11-12H,2-3,10H2,1H3,(H,24,29)(H,25,28)(H,26,30). The van der Waals surface area contributed by atoms with Crippen molar-refractivity contribution in [2.24, 2.45) is 0 Å². The van der Waals surface area contributed by atoms with Crippen LogP contribution in [0.4, 0.5) is 5.69 Å². The Morgan fingerprint density at radius 2 is 1.77 bits per heavy atom. The van der Waals surface area contributed by atoms with E-state index in [1.54, 1.807) is 48.5 Å². The van der Waals surface area contributed by atoms with Gasteiger partial charge in [0.15, 0.2) is 0 Å². The highest BCUT2D eigenvalue weighted by molar-refractivity contribution is 9.10. The molecule has 0 saturated carbocycles. The maximum Gasteiger partial charge on any atom is 0.328 e. The van der Waals surface area contributed by atoms with Crippen molar-refractivity contribution in [3.05, 3.63) is 63.7 Å². The molecule has 0 atom stereocenters. The van der Waals surface area contributed by atoms with Crippen molar-refractivity contribution in [1.82, 2.24) is 9.99 Å². The van der Waals surface area contributed by atoms with Crippen LogP contribution in [-0.2, 0) is 9.59 Å². The smallest absolute Gasteiger partial charge is 0.328 e. The fraction of sp³-hybridized carbons (Fsp3) is 0.190. The average molecular weight is 492 g/mol. The molecule has 3 aromatic rings. The van der Waals surface area contributed by atoms with Gasteiger partial charge < -0.3 is 10.6 Å². The molecular formula is C21H20BrClN4O3. The molecule has 0 bridgehead atoms. The zero-order chi connectivity index (χ0) is 21.7. The second kappa shape index (κ2) is 9.77. The van der Waals surface area contributed by atoms with Crippen molar-refractivity contribution < 1.29 is 14.4 Å². The molecule has 0 aliphatic rings. The summed E-state index contributed by atoms with van der Waals surface area (Å²) in [5.41, 5.74) is 3.79. The average Bonchev–Trinajstić information content (AvgIpc) is 3.07. The molecular weight excluding hydrogens is 472 g/mol. The zero-order valence-corrected chi connectivity index (χ0v) is 18.5. The van der Waals surface area contributed by atoms with Gasteiger partial charge >= 0.3 is 11.8 Å². The molecule has 9 heteroatoms. The van der Waals surface area contributed by atoms with Crippen LogP contribution >= 0.6 is 27.5 Å². The first kappa shape index (κ1) is 21.9. The summed E-state index contributed by atoms with van der Waals surface area (Å²) in [5, 5.41) is 6.47. The van der Waals surface area contributed by atoms with E-state index in [2.05, 4.69) is 32.0 Å². The molecule has 0 radical (unpaired) electrons. The molecule has 3 N–H and O–H groups in total. The normalized spacial score (nSPS) is 10.6. The summed E-state index contributed by atoms with van der Waals surface area (Å²) < 4.78 is 2.17. The number of unbranched alkanes of at least 4 members (excludes halogenated alkanes) is 1. The molecule has 156 valence electrons. The van der Waals surface area contributed by atoms with Gasteiger partial charge in [-0.05, 0) is 55.0 Å².